The molecule has 4 heteroatoms. The first-order chi connectivity index (χ1) is 9.60. The van der Waals surface area contributed by atoms with E-state index in [9.17, 15) is 4.79 Å². The predicted molar refractivity (Wildman–Crippen MR) is 75.9 cm³/mol. The SMILES string of the molecule is Cc1cccc(CN(C)C(=O)c2ccc(C#N)cc2)n1. The summed E-state index contributed by atoms with van der Waals surface area (Å²) in [7, 11) is 1.74. The van der Waals surface area contributed by atoms with E-state index in [4.69, 9.17) is 5.26 Å². The lowest BCUT2D eigenvalue weighted by Crippen LogP contribution is -2.26. The van der Waals surface area contributed by atoms with Crippen molar-refractivity contribution in [1.29, 1.82) is 5.26 Å². The largest absolute Gasteiger partial charge is 0.336 e. The van der Waals surface area contributed by atoms with Crippen LogP contribution in [-0.4, -0.2) is 22.8 Å². The van der Waals surface area contributed by atoms with Crippen molar-refractivity contribution < 1.29 is 4.79 Å². The number of benzene rings is 1. The summed E-state index contributed by atoms with van der Waals surface area (Å²) < 4.78 is 0. The second-order valence-electron chi connectivity index (χ2n) is 4.62. The standard InChI is InChI=1S/C16H15N3O/c1-12-4-3-5-15(18-12)11-19(2)16(20)14-8-6-13(10-17)7-9-14/h3-9H,11H2,1-2H3. The normalized spacial score (nSPS) is 9.85. The Labute approximate surface area is 118 Å². The van der Waals surface area contributed by atoms with Crippen LogP contribution < -0.4 is 0 Å². The molecule has 0 aliphatic heterocycles. The zero-order valence-electron chi connectivity index (χ0n) is 11.5. The summed E-state index contributed by atoms with van der Waals surface area (Å²) in [5.41, 5.74) is 2.90. The first kappa shape index (κ1) is 13.8. The summed E-state index contributed by atoms with van der Waals surface area (Å²) >= 11 is 0. The summed E-state index contributed by atoms with van der Waals surface area (Å²) in [6.07, 6.45) is 0. The van der Waals surface area contributed by atoms with Crippen molar-refractivity contribution in [3.63, 3.8) is 0 Å². The Morgan fingerprint density at radius 2 is 1.95 bits per heavy atom. The molecule has 4 nitrogen and oxygen atoms in total. The van der Waals surface area contributed by atoms with Crippen LogP contribution >= 0.6 is 0 Å². The fourth-order valence-electron chi connectivity index (χ4n) is 1.91. The van der Waals surface area contributed by atoms with Crippen LogP contribution in [-0.2, 0) is 6.54 Å². The quantitative estimate of drug-likeness (QED) is 0.857. The van der Waals surface area contributed by atoms with Gasteiger partial charge in [0.2, 0.25) is 0 Å². The summed E-state index contributed by atoms with van der Waals surface area (Å²) in [4.78, 5) is 18.2. The zero-order valence-corrected chi connectivity index (χ0v) is 11.5. The third-order valence-electron chi connectivity index (χ3n) is 2.95. The number of pyridine rings is 1. The summed E-state index contributed by atoms with van der Waals surface area (Å²) in [6.45, 7) is 2.38. The molecular weight excluding hydrogens is 250 g/mol. The summed E-state index contributed by atoms with van der Waals surface area (Å²) in [6, 6.07) is 14.4. The molecule has 1 aromatic heterocycles. The Kier molecular flexibility index (Phi) is 4.11. The number of rotatable bonds is 3. The molecule has 0 saturated heterocycles. The number of hydrogen-bond donors (Lipinski definition) is 0. The van der Waals surface area contributed by atoms with E-state index in [2.05, 4.69) is 4.98 Å². The van der Waals surface area contributed by atoms with Crippen LogP contribution in [0.5, 0.6) is 0 Å². The topological polar surface area (TPSA) is 57.0 Å². The van der Waals surface area contributed by atoms with E-state index in [0.29, 0.717) is 17.7 Å². The van der Waals surface area contributed by atoms with E-state index in [1.807, 2.05) is 31.2 Å². The smallest absolute Gasteiger partial charge is 0.253 e. The molecule has 1 amide bonds. The fraction of sp³-hybridized carbons (Fsp3) is 0.188. The molecule has 0 atom stereocenters. The highest BCUT2D eigenvalue weighted by atomic mass is 16.2. The number of nitrogens with zero attached hydrogens (tertiary/aromatic N) is 3. The van der Waals surface area contributed by atoms with Crippen molar-refractivity contribution in [2.45, 2.75) is 13.5 Å². The third-order valence-corrected chi connectivity index (χ3v) is 2.95. The van der Waals surface area contributed by atoms with E-state index >= 15 is 0 Å². The average Bonchev–Trinajstić information content (AvgIpc) is 2.46. The number of aryl methyl sites for hydroxylation is 1. The van der Waals surface area contributed by atoms with Crippen molar-refractivity contribution in [1.82, 2.24) is 9.88 Å². The van der Waals surface area contributed by atoms with E-state index < -0.39 is 0 Å². The molecular formula is C16H15N3O. The fourth-order valence-corrected chi connectivity index (χ4v) is 1.91. The monoisotopic (exact) mass is 265 g/mol. The van der Waals surface area contributed by atoms with Gasteiger partial charge in [0.1, 0.15) is 0 Å². The number of amides is 1. The molecule has 100 valence electrons. The lowest BCUT2D eigenvalue weighted by atomic mass is 10.1. The van der Waals surface area contributed by atoms with Crippen LogP contribution in [0.2, 0.25) is 0 Å². The number of nitriles is 1. The lowest BCUT2D eigenvalue weighted by Gasteiger charge is -2.17. The van der Waals surface area contributed by atoms with Crippen LogP contribution in [0.3, 0.4) is 0 Å². The Morgan fingerprint density at radius 1 is 1.25 bits per heavy atom. The van der Waals surface area contributed by atoms with Gasteiger partial charge in [-0.05, 0) is 43.3 Å². The molecule has 0 unspecified atom stereocenters. The molecule has 2 aromatic rings. The highest BCUT2D eigenvalue weighted by molar-refractivity contribution is 5.94. The molecule has 0 aliphatic rings. The number of hydrogen-bond acceptors (Lipinski definition) is 3. The van der Waals surface area contributed by atoms with Crippen LogP contribution in [0.4, 0.5) is 0 Å². The molecule has 0 bridgehead atoms. The highest BCUT2D eigenvalue weighted by Gasteiger charge is 2.12. The van der Waals surface area contributed by atoms with Gasteiger partial charge in [-0.25, -0.2) is 0 Å². The molecule has 0 N–H and O–H groups in total. The minimum Gasteiger partial charge on any atom is -0.336 e. The Morgan fingerprint density at radius 3 is 2.55 bits per heavy atom. The van der Waals surface area contributed by atoms with Gasteiger partial charge in [-0.3, -0.25) is 9.78 Å². The van der Waals surface area contributed by atoms with Gasteiger partial charge in [0, 0.05) is 18.3 Å². The maximum absolute atomic E-state index is 12.2. The molecule has 0 aliphatic carbocycles. The van der Waals surface area contributed by atoms with Gasteiger partial charge in [0.25, 0.3) is 5.91 Å². The maximum Gasteiger partial charge on any atom is 0.253 e. The molecule has 0 spiro atoms. The molecule has 0 saturated carbocycles. The van der Waals surface area contributed by atoms with Gasteiger partial charge in [0.05, 0.1) is 23.9 Å². The van der Waals surface area contributed by atoms with Gasteiger partial charge >= 0.3 is 0 Å². The second kappa shape index (κ2) is 5.98. The number of carbonyl (C=O) groups is 1. The molecule has 1 aromatic carbocycles. The lowest BCUT2D eigenvalue weighted by molar-refractivity contribution is 0.0783. The Hall–Kier alpha value is -2.67. The van der Waals surface area contributed by atoms with Crippen molar-refractivity contribution in [3.8, 4) is 6.07 Å². The molecule has 2 rings (SSSR count). The maximum atomic E-state index is 12.2. The first-order valence-corrected chi connectivity index (χ1v) is 6.28. The van der Waals surface area contributed by atoms with Crippen LogP contribution in [0.25, 0.3) is 0 Å². The summed E-state index contributed by atoms with van der Waals surface area (Å²) in [5.74, 6) is -0.0854. The Balaban J connectivity index is 2.10. The molecule has 0 fully saturated rings. The van der Waals surface area contributed by atoms with E-state index in [-0.39, 0.29) is 5.91 Å². The van der Waals surface area contributed by atoms with Crippen LogP contribution in [0, 0.1) is 18.3 Å². The van der Waals surface area contributed by atoms with Gasteiger partial charge < -0.3 is 4.90 Å². The molecule has 0 radical (unpaired) electrons. The minimum absolute atomic E-state index is 0.0854. The van der Waals surface area contributed by atoms with E-state index in [1.165, 1.54) is 0 Å². The highest BCUT2D eigenvalue weighted by Crippen LogP contribution is 2.09. The zero-order chi connectivity index (χ0) is 14.5. The first-order valence-electron chi connectivity index (χ1n) is 6.28. The van der Waals surface area contributed by atoms with Gasteiger partial charge in [-0.1, -0.05) is 6.07 Å². The van der Waals surface area contributed by atoms with E-state index in [0.717, 1.165) is 11.4 Å². The van der Waals surface area contributed by atoms with Gasteiger partial charge in [0.15, 0.2) is 0 Å². The average molecular weight is 265 g/mol. The van der Waals surface area contributed by atoms with Gasteiger partial charge in [-0.15, -0.1) is 0 Å². The van der Waals surface area contributed by atoms with Crippen molar-refractivity contribution in [2.75, 3.05) is 7.05 Å². The Bertz CT molecular complexity index is 656. The number of carbonyl (C=O) groups excluding carboxylic acids is 1. The predicted octanol–water partition coefficient (Wildman–Crippen LogP) is 2.53. The van der Waals surface area contributed by atoms with Crippen LogP contribution in [0.1, 0.15) is 27.3 Å². The second-order valence-corrected chi connectivity index (χ2v) is 4.62. The van der Waals surface area contributed by atoms with Gasteiger partial charge in [-0.2, -0.15) is 5.26 Å². The van der Waals surface area contributed by atoms with E-state index in [1.54, 1.807) is 36.2 Å². The van der Waals surface area contributed by atoms with Crippen molar-refractivity contribution in [2.24, 2.45) is 0 Å². The molecule has 20 heavy (non-hydrogen) atoms. The summed E-state index contributed by atoms with van der Waals surface area (Å²) in [5, 5.41) is 8.74. The van der Waals surface area contributed by atoms with Crippen LogP contribution in [0.15, 0.2) is 42.5 Å². The number of aromatic nitrogens is 1. The molecule has 1 heterocycles. The van der Waals surface area contributed by atoms with Crippen molar-refractivity contribution in [3.05, 3.63) is 65.0 Å². The minimum atomic E-state index is -0.0854. The van der Waals surface area contributed by atoms with Crippen molar-refractivity contribution >= 4 is 5.91 Å². The third kappa shape index (κ3) is 3.21.